The molecule has 3 N–H and O–H groups in total. The Morgan fingerprint density at radius 2 is 1.85 bits per heavy atom. The topological polar surface area (TPSA) is 101 Å². The summed E-state index contributed by atoms with van der Waals surface area (Å²) < 4.78 is 0. The average Bonchev–Trinajstić information content (AvgIpc) is 3.00. The van der Waals surface area contributed by atoms with E-state index in [0.29, 0.717) is 47.9 Å². The Kier molecular flexibility index (Phi) is 7.40. The first-order valence-corrected chi connectivity index (χ1v) is 12.2. The summed E-state index contributed by atoms with van der Waals surface area (Å²) in [5, 5.41) is 2.95. The number of amidine groups is 1. The summed E-state index contributed by atoms with van der Waals surface area (Å²) >= 11 is 0. The van der Waals surface area contributed by atoms with Gasteiger partial charge in [0, 0.05) is 41.9 Å². The number of pyridine rings is 1. The average molecular weight is 460 g/mol. The molecule has 4 rings (SSSR count). The Labute approximate surface area is 201 Å². The number of nitrogens with zero attached hydrogens (tertiary/aromatic N) is 3. The molecule has 0 atom stereocenters. The number of nitrogens with two attached hydrogens (primary N) is 1. The first-order chi connectivity index (χ1) is 16.5. The van der Waals surface area contributed by atoms with E-state index in [0.717, 1.165) is 43.4 Å². The number of fused-ring (bicyclic) bond motifs is 2. The van der Waals surface area contributed by atoms with E-state index >= 15 is 0 Å². The molecule has 0 bridgehead atoms. The van der Waals surface area contributed by atoms with Crippen LogP contribution in [0, 0.1) is 0 Å². The van der Waals surface area contributed by atoms with Crippen molar-refractivity contribution in [3.63, 3.8) is 0 Å². The molecule has 1 aromatic heterocycles. The van der Waals surface area contributed by atoms with Gasteiger partial charge in [-0.05, 0) is 68.4 Å². The van der Waals surface area contributed by atoms with Gasteiger partial charge in [0.1, 0.15) is 5.84 Å². The first-order valence-electron chi connectivity index (χ1n) is 12.2. The number of anilines is 1. The van der Waals surface area contributed by atoms with Crippen molar-refractivity contribution >= 4 is 35.1 Å². The lowest BCUT2D eigenvalue weighted by molar-refractivity contribution is -0.127. The van der Waals surface area contributed by atoms with Crippen LogP contribution in [0.15, 0.2) is 41.0 Å². The molecule has 0 radical (unpaired) electrons. The van der Waals surface area contributed by atoms with Gasteiger partial charge < -0.3 is 16.0 Å². The van der Waals surface area contributed by atoms with Crippen LogP contribution in [0.3, 0.4) is 0 Å². The van der Waals surface area contributed by atoms with Gasteiger partial charge >= 0.3 is 0 Å². The van der Waals surface area contributed by atoms with E-state index in [1.165, 1.54) is 12.0 Å². The number of hydrogen-bond acceptors (Lipinski definition) is 5. The summed E-state index contributed by atoms with van der Waals surface area (Å²) in [6.45, 7) is 5.56. The van der Waals surface area contributed by atoms with Crippen molar-refractivity contribution in [2.75, 3.05) is 18.4 Å². The zero-order valence-electron chi connectivity index (χ0n) is 20.1. The van der Waals surface area contributed by atoms with Crippen LogP contribution in [0.2, 0.25) is 0 Å². The Morgan fingerprint density at radius 3 is 2.62 bits per heavy atom. The molecule has 0 unspecified atom stereocenters. The zero-order valence-corrected chi connectivity index (χ0v) is 20.1. The van der Waals surface area contributed by atoms with Crippen molar-refractivity contribution in [2.24, 2.45) is 10.7 Å². The first kappa shape index (κ1) is 23.7. The van der Waals surface area contributed by atoms with Crippen molar-refractivity contribution in [3.8, 4) is 0 Å². The van der Waals surface area contributed by atoms with Crippen LogP contribution in [0.25, 0.3) is 6.08 Å². The third kappa shape index (κ3) is 5.35. The summed E-state index contributed by atoms with van der Waals surface area (Å²) in [5.41, 5.74) is 11.7. The molecule has 0 fully saturated rings. The molecule has 7 nitrogen and oxygen atoms in total. The molecule has 34 heavy (non-hydrogen) atoms. The minimum Gasteiger partial charge on any atom is -0.387 e. The van der Waals surface area contributed by atoms with Crippen LogP contribution in [0.5, 0.6) is 0 Å². The second kappa shape index (κ2) is 10.6. The highest BCUT2D eigenvalue weighted by Crippen LogP contribution is 2.29. The number of aromatic nitrogens is 1. The minimum absolute atomic E-state index is 0.00331. The van der Waals surface area contributed by atoms with Gasteiger partial charge in [-0.2, -0.15) is 0 Å². The number of carbonyl (C=O) groups excluding carboxylic acids is 2. The van der Waals surface area contributed by atoms with Crippen LogP contribution in [-0.2, 0) is 17.6 Å². The number of aliphatic imine (C=N–C) groups is 1. The SMILES string of the molecule is CCCN(CCC)C(=O)C1=Cc2ccc(C(=O)Nc3cnc4c(c3)CCCC4)cc2N=C(N)C1. The van der Waals surface area contributed by atoms with Crippen LogP contribution in [0.1, 0.15) is 73.1 Å². The van der Waals surface area contributed by atoms with Crippen molar-refractivity contribution in [2.45, 2.75) is 58.8 Å². The summed E-state index contributed by atoms with van der Waals surface area (Å²) in [5.74, 6) is 0.134. The van der Waals surface area contributed by atoms with E-state index in [2.05, 4.69) is 29.1 Å². The lowest BCUT2D eigenvalue weighted by Crippen LogP contribution is -2.34. The highest BCUT2D eigenvalue weighted by atomic mass is 16.2. The summed E-state index contributed by atoms with van der Waals surface area (Å²) in [7, 11) is 0. The molecule has 0 spiro atoms. The monoisotopic (exact) mass is 459 g/mol. The summed E-state index contributed by atoms with van der Waals surface area (Å²) in [4.78, 5) is 37.0. The molecule has 0 saturated heterocycles. The van der Waals surface area contributed by atoms with Crippen molar-refractivity contribution in [1.82, 2.24) is 9.88 Å². The molecule has 1 aliphatic heterocycles. The van der Waals surface area contributed by atoms with Crippen molar-refractivity contribution < 1.29 is 9.59 Å². The third-order valence-corrected chi connectivity index (χ3v) is 6.23. The van der Waals surface area contributed by atoms with Gasteiger partial charge in [0.25, 0.3) is 5.91 Å². The molecule has 1 aliphatic carbocycles. The van der Waals surface area contributed by atoms with Crippen LogP contribution in [0.4, 0.5) is 11.4 Å². The van der Waals surface area contributed by atoms with E-state index in [-0.39, 0.29) is 11.8 Å². The van der Waals surface area contributed by atoms with Gasteiger partial charge in [-0.25, -0.2) is 4.99 Å². The molecule has 178 valence electrons. The quantitative estimate of drug-likeness (QED) is 0.630. The maximum absolute atomic E-state index is 13.1. The van der Waals surface area contributed by atoms with Crippen molar-refractivity contribution in [1.29, 1.82) is 0 Å². The van der Waals surface area contributed by atoms with Crippen LogP contribution >= 0.6 is 0 Å². The molecule has 7 heteroatoms. The highest BCUT2D eigenvalue weighted by molar-refractivity contribution is 6.07. The highest BCUT2D eigenvalue weighted by Gasteiger charge is 2.21. The number of aryl methyl sites for hydroxylation is 2. The molecular weight excluding hydrogens is 426 g/mol. The fourth-order valence-electron chi connectivity index (χ4n) is 4.59. The number of nitrogens with one attached hydrogen (secondary N) is 1. The lowest BCUT2D eigenvalue weighted by atomic mass is 9.96. The van der Waals surface area contributed by atoms with Crippen LogP contribution < -0.4 is 11.1 Å². The molecule has 2 heterocycles. The molecule has 0 saturated carbocycles. The molecule has 2 aromatic rings. The Morgan fingerprint density at radius 1 is 1.09 bits per heavy atom. The van der Waals surface area contributed by atoms with Crippen LogP contribution in [-0.4, -0.2) is 40.6 Å². The number of hydrogen-bond donors (Lipinski definition) is 2. The smallest absolute Gasteiger partial charge is 0.255 e. The minimum atomic E-state index is -0.226. The van der Waals surface area contributed by atoms with Gasteiger partial charge in [0.15, 0.2) is 0 Å². The van der Waals surface area contributed by atoms with Gasteiger partial charge in [-0.1, -0.05) is 19.9 Å². The normalized spacial score (nSPS) is 14.8. The van der Waals surface area contributed by atoms with Crippen molar-refractivity contribution in [3.05, 3.63) is 58.4 Å². The molecule has 2 amide bonds. The number of amides is 2. The maximum Gasteiger partial charge on any atom is 0.255 e. The number of carbonyl (C=O) groups is 2. The number of rotatable bonds is 7. The Balaban J connectivity index is 1.56. The second-order valence-corrected chi connectivity index (χ2v) is 9.01. The van der Waals surface area contributed by atoms with E-state index in [9.17, 15) is 9.59 Å². The predicted octanol–water partition coefficient (Wildman–Crippen LogP) is 4.64. The molecule has 2 aliphatic rings. The standard InChI is InChI=1S/C27H33N5O2/c1-3-11-32(12-4-2)27(34)21-13-19-9-10-20(15-24(19)31-25(28)16-21)26(33)30-22-14-18-7-5-6-8-23(18)29-17-22/h9-10,13-15,17H,3-8,11-12,16H2,1-2H3,(H2,28,31)(H,30,33). The van der Waals surface area contributed by atoms with E-state index in [4.69, 9.17) is 5.73 Å². The third-order valence-electron chi connectivity index (χ3n) is 6.23. The number of benzene rings is 1. The van der Waals surface area contributed by atoms with Gasteiger partial charge in [-0.15, -0.1) is 0 Å². The van der Waals surface area contributed by atoms with E-state index in [1.807, 2.05) is 23.1 Å². The molecule has 1 aromatic carbocycles. The fourth-order valence-corrected chi connectivity index (χ4v) is 4.59. The second-order valence-electron chi connectivity index (χ2n) is 9.01. The molecular formula is C27H33N5O2. The largest absolute Gasteiger partial charge is 0.387 e. The zero-order chi connectivity index (χ0) is 24.1. The van der Waals surface area contributed by atoms with Gasteiger partial charge in [0.05, 0.1) is 17.6 Å². The maximum atomic E-state index is 13.1. The summed E-state index contributed by atoms with van der Waals surface area (Å²) in [6, 6.07) is 7.33. The lowest BCUT2D eigenvalue weighted by Gasteiger charge is -2.22. The Hall–Kier alpha value is -3.48. The van der Waals surface area contributed by atoms with E-state index < -0.39 is 0 Å². The van der Waals surface area contributed by atoms with E-state index in [1.54, 1.807) is 18.3 Å². The fraction of sp³-hybridized carbons (Fsp3) is 0.407. The van der Waals surface area contributed by atoms with Gasteiger partial charge in [0.2, 0.25) is 5.91 Å². The van der Waals surface area contributed by atoms with Gasteiger partial charge in [-0.3, -0.25) is 14.6 Å². The Bertz CT molecular complexity index is 1150. The predicted molar refractivity (Wildman–Crippen MR) is 136 cm³/mol. The summed E-state index contributed by atoms with van der Waals surface area (Å²) in [6.07, 6.45) is 9.99.